The van der Waals surface area contributed by atoms with Gasteiger partial charge in [-0.25, -0.2) is 0 Å². The molecule has 4 rings (SSSR count). The van der Waals surface area contributed by atoms with Crippen LogP contribution in [0.4, 0.5) is 5.69 Å². The van der Waals surface area contributed by atoms with Crippen LogP contribution < -0.4 is 9.08 Å². The van der Waals surface area contributed by atoms with Gasteiger partial charge in [0.1, 0.15) is 10.6 Å². The van der Waals surface area contributed by atoms with Crippen LogP contribution in [0.3, 0.4) is 0 Å². The molecule has 1 saturated heterocycles. The topological polar surface area (TPSA) is 54.8 Å². The molecule has 30 heavy (non-hydrogen) atoms. The van der Waals surface area contributed by atoms with Gasteiger partial charge in [-0.15, -0.1) is 0 Å². The monoisotopic (exact) mass is 425 g/mol. The second-order valence-electron chi connectivity index (χ2n) is 7.72. The molecule has 1 aliphatic rings. The van der Waals surface area contributed by atoms with Crippen LogP contribution >= 0.6 is 0 Å². The molecule has 7 heteroatoms. The van der Waals surface area contributed by atoms with Gasteiger partial charge in [0.15, 0.2) is 0 Å². The van der Waals surface area contributed by atoms with Crippen LogP contribution in [0.1, 0.15) is 11.3 Å². The number of aryl methyl sites for hydroxylation is 2. The van der Waals surface area contributed by atoms with Crippen molar-refractivity contribution in [3.8, 4) is 5.75 Å². The molecule has 1 aromatic heterocycles. The Morgan fingerprint density at radius 1 is 0.900 bits per heavy atom. The van der Waals surface area contributed by atoms with Crippen molar-refractivity contribution in [1.29, 1.82) is 0 Å². The summed E-state index contributed by atoms with van der Waals surface area (Å²) >= 11 is 0. The zero-order valence-electron chi connectivity index (χ0n) is 17.4. The van der Waals surface area contributed by atoms with Gasteiger partial charge >= 0.3 is 10.1 Å². The van der Waals surface area contributed by atoms with Gasteiger partial charge < -0.3 is 13.7 Å². The standard InChI is InChI=1S/C23H27N3O3S/c1-19-5-11-23(12-6-19)30(27,28)29-22-9-7-20(8-10-22)26-16-14-25(15-17-26)18-21-4-3-13-24(21)2/h3-13H,14-18H2,1-2H3. The molecule has 0 bridgehead atoms. The third kappa shape index (κ3) is 4.68. The van der Waals surface area contributed by atoms with Crippen LogP contribution in [-0.4, -0.2) is 44.1 Å². The summed E-state index contributed by atoms with van der Waals surface area (Å²) in [6.07, 6.45) is 2.08. The van der Waals surface area contributed by atoms with Crippen molar-refractivity contribution in [1.82, 2.24) is 9.47 Å². The molecule has 3 aromatic rings. The second kappa shape index (κ2) is 8.53. The minimum Gasteiger partial charge on any atom is -0.379 e. The minimum atomic E-state index is -3.83. The largest absolute Gasteiger partial charge is 0.379 e. The van der Waals surface area contributed by atoms with Gasteiger partial charge in [-0.3, -0.25) is 4.90 Å². The second-order valence-corrected chi connectivity index (χ2v) is 9.26. The first-order valence-electron chi connectivity index (χ1n) is 10.1. The fourth-order valence-electron chi connectivity index (χ4n) is 3.65. The molecule has 0 amide bonds. The summed E-state index contributed by atoms with van der Waals surface area (Å²) in [6.45, 7) is 6.73. The third-order valence-electron chi connectivity index (χ3n) is 5.53. The van der Waals surface area contributed by atoms with Crippen molar-refractivity contribution < 1.29 is 12.6 Å². The number of aromatic nitrogens is 1. The number of anilines is 1. The molecule has 1 aliphatic heterocycles. The molecule has 0 radical (unpaired) electrons. The molecule has 0 saturated carbocycles. The van der Waals surface area contributed by atoms with Crippen LogP contribution in [0.25, 0.3) is 0 Å². The van der Waals surface area contributed by atoms with E-state index in [1.54, 1.807) is 36.4 Å². The van der Waals surface area contributed by atoms with Crippen molar-refractivity contribution in [3.63, 3.8) is 0 Å². The molecule has 0 aliphatic carbocycles. The van der Waals surface area contributed by atoms with Gasteiger partial charge in [-0.2, -0.15) is 8.42 Å². The summed E-state index contributed by atoms with van der Waals surface area (Å²) in [4.78, 5) is 4.93. The van der Waals surface area contributed by atoms with E-state index in [1.807, 2.05) is 19.1 Å². The fourth-order valence-corrected chi connectivity index (χ4v) is 4.58. The zero-order valence-corrected chi connectivity index (χ0v) is 18.2. The first-order chi connectivity index (χ1) is 14.4. The molecule has 2 heterocycles. The zero-order chi connectivity index (χ0) is 21.1. The highest BCUT2D eigenvalue weighted by atomic mass is 32.2. The van der Waals surface area contributed by atoms with Crippen molar-refractivity contribution in [3.05, 3.63) is 78.1 Å². The van der Waals surface area contributed by atoms with Gasteiger partial charge in [0.25, 0.3) is 0 Å². The number of hydrogen-bond acceptors (Lipinski definition) is 5. The van der Waals surface area contributed by atoms with Crippen LogP contribution in [0, 0.1) is 6.92 Å². The van der Waals surface area contributed by atoms with E-state index in [1.165, 1.54) is 5.69 Å². The predicted molar refractivity (Wildman–Crippen MR) is 118 cm³/mol. The Bertz CT molecular complexity index is 1080. The quantitative estimate of drug-likeness (QED) is 0.567. The molecule has 2 aromatic carbocycles. The lowest BCUT2D eigenvalue weighted by molar-refractivity contribution is 0.245. The Morgan fingerprint density at radius 3 is 2.17 bits per heavy atom. The lowest BCUT2D eigenvalue weighted by atomic mass is 10.2. The lowest BCUT2D eigenvalue weighted by Crippen LogP contribution is -2.46. The summed E-state index contributed by atoms with van der Waals surface area (Å²) in [7, 11) is -1.75. The fraction of sp³-hybridized carbons (Fsp3) is 0.304. The highest BCUT2D eigenvalue weighted by Gasteiger charge is 2.19. The van der Waals surface area contributed by atoms with E-state index in [0.29, 0.717) is 5.75 Å². The molecule has 1 fully saturated rings. The minimum absolute atomic E-state index is 0.159. The number of nitrogens with zero attached hydrogens (tertiary/aromatic N) is 3. The molecular formula is C23H27N3O3S. The summed E-state index contributed by atoms with van der Waals surface area (Å²) in [5.41, 5.74) is 3.40. The molecule has 0 N–H and O–H groups in total. The molecule has 0 unspecified atom stereocenters. The van der Waals surface area contributed by atoms with Crippen LogP contribution in [-0.2, 0) is 23.7 Å². The predicted octanol–water partition coefficient (Wildman–Crippen LogP) is 3.42. The van der Waals surface area contributed by atoms with Gasteiger partial charge in [0, 0.05) is 57.3 Å². The average Bonchev–Trinajstić information content (AvgIpc) is 3.14. The van der Waals surface area contributed by atoms with Crippen molar-refractivity contribution in [2.24, 2.45) is 7.05 Å². The molecular weight excluding hydrogens is 398 g/mol. The molecule has 6 nitrogen and oxygen atoms in total. The van der Waals surface area contributed by atoms with Gasteiger partial charge in [-0.05, 0) is 55.5 Å². The number of rotatable bonds is 6. The first kappa shape index (κ1) is 20.5. The number of hydrogen-bond donors (Lipinski definition) is 0. The van der Waals surface area contributed by atoms with E-state index < -0.39 is 10.1 Å². The Kier molecular flexibility index (Phi) is 5.83. The van der Waals surface area contributed by atoms with Crippen LogP contribution in [0.15, 0.2) is 71.8 Å². The average molecular weight is 426 g/mol. The van der Waals surface area contributed by atoms with E-state index in [-0.39, 0.29) is 4.90 Å². The lowest BCUT2D eigenvalue weighted by Gasteiger charge is -2.36. The maximum absolute atomic E-state index is 12.5. The van der Waals surface area contributed by atoms with E-state index in [9.17, 15) is 8.42 Å². The maximum Gasteiger partial charge on any atom is 0.339 e. The summed E-state index contributed by atoms with van der Waals surface area (Å²) in [5, 5.41) is 0. The van der Waals surface area contributed by atoms with E-state index in [4.69, 9.17) is 4.18 Å². The van der Waals surface area contributed by atoms with Gasteiger partial charge in [0.05, 0.1) is 0 Å². The van der Waals surface area contributed by atoms with Gasteiger partial charge in [-0.1, -0.05) is 17.7 Å². The summed E-state index contributed by atoms with van der Waals surface area (Å²) < 4.78 is 32.4. The summed E-state index contributed by atoms with van der Waals surface area (Å²) in [6, 6.07) is 18.2. The highest BCUT2D eigenvalue weighted by Crippen LogP contribution is 2.24. The Morgan fingerprint density at radius 2 is 1.57 bits per heavy atom. The molecule has 158 valence electrons. The van der Waals surface area contributed by atoms with E-state index in [0.717, 1.165) is 44.0 Å². The Labute approximate surface area is 178 Å². The normalized spacial score (nSPS) is 15.3. The first-order valence-corrected chi connectivity index (χ1v) is 11.5. The maximum atomic E-state index is 12.5. The molecule has 0 spiro atoms. The highest BCUT2D eigenvalue weighted by molar-refractivity contribution is 7.87. The van der Waals surface area contributed by atoms with Crippen molar-refractivity contribution >= 4 is 15.8 Å². The summed E-state index contributed by atoms with van der Waals surface area (Å²) in [5.74, 6) is 0.321. The van der Waals surface area contributed by atoms with Gasteiger partial charge in [0.2, 0.25) is 0 Å². The van der Waals surface area contributed by atoms with E-state index >= 15 is 0 Å². The smallest absolute Gasteiger partial charge is 0.339 e. The van der Waals surface area contributed by atoms with Crippen molar-refractivity contribution in [2.45, 2.75) is 18.4 Å². The van der Waals surface area contributed by atoms with Crippen LogP contribution in [0.5, 0.6) is 5.75 Å². The number of piperazine rings is 1. The van der Waals surface area contributed by atoms with E-state index in [2.05, 4.69) is 39.7 Å². The SMILES string of the molecule is Cc1ccc(S(=O)(=O)Oc2ccc(N3CCN(Cc4cccn4C)CC3)cc2)cc1. The Balaban J connectivity index is 1.35. The molecule has 0 atom stereocenters. The third-order valence-corrected chi connectivity index (χ3v) is 6.79. The van der Waals surface area contributed by atoms with Crippen LogP contribution in [0.2, 0.25) is 0 Å². The Hall–Kier alpha value is -2.77. The number of benzene rings is 2. The van der Waals surface area contributed by atoms with Crippen molar-refractivity contribution in [2.75, 3.05) is 31.1 Å².